The van der Waals surface area contributed by atoms with Gasteiger partial charge in [0, 0.05) is 0 Å². The van der Waals surface area contributed by atoms with E-state index in [9.17, 15) is 9.59 Å². The Labute approximate surface area is 129 Å². The highest BCUT2D eigenvalue weighted by molar-refractivity contribution is 6.33. The molecule has 4 nitrogen and oxygen atoms in total. The van der Waals surface area contributed by atoms with E-state index in [0.29, 0.717) is 17.1 Å². The maximum atomic E-state index is 12.0. The molecule has 1 aromatic rings. The van der Waals surface area contributed by atoms with Gasteiger partial charge in [-0.2, -0.15) is 0 Å². The molecular weight excluding hydrogens is 290 g/mol. The van der Waals surface area contributed by atoms with Crippen LogP contribution in [0.3, 0.4) is 0 Å². The predicted octanol–water partition coefficient (Wildman–Crippen LogP) is 3.57. The van der Waals surface area contributed by atoms with Gasteiger partial charge in [0.15, 0.2) is 6.10 Å². The number of para-hydroxylation sites is 1. The minimum atomic E-state index is -0.848. The first kappa shape index (κ1) is 15.6. The van der Waals surface area contributed by atoms with Gasteiger partial charge >= 0.3 is 5.97 Å². The van der Waals surface area contributed by atoms with E-state index in [2.05, 4.69) is 11.4 Å². The van der Waals surface area contributed by atoms with Crippen LogP contribution in [0.25, 0.3) is 0 Å². The molecule has 112 valence electrons. The number of amides is 1. The number of esters is 1. The van der Waals surface area contributed by atoms with E-state index in [1.807, 2.05) is 6.08 Å². The van der Waals surface area contributed by atoms with Crippen LogP contribution in [0.2, 0.25) is 5.02 Å². The molecule has 0 aliphatic heterocycles. The number of allylic oxidation sites excluding steroid dienone is 2. The number of nitrogens with one attached hydrogen (secondary N) is 1. The van der Waals surface area contributed by atoms with Crippen LogP contribution in [-0.2, 0) is 14.3 Å². The quantitative estimate of drug-likeness (QED) is 0.668. The largest absolute Gasteiger partial charge is 0.453 e. The lowest BCUT2D eigenvalue weighted by Crippen LogP contribution is -2.30. The average Bonchev–Trinajstić information content (AvgIpc) is 2.93. The number of hydrogen-bond acceptors (Lipinski definition) is 3. The number of hydrogen-bond donors (Lipinski definition) is 1. The third kappa shape index (κ3) is 4.60. The zero-order valence-corrected chi connectivity index (χ0v) is 12.6. The number of anilines is 1. The van der Waals surface area contributed by atoms with Crippen molar-refractivity contribution in [3.8, 4) is 0 Å². The molecule has 1 amide bonds. The van der Waals surface area contributed by atoms with Crippen LogP contribution in [0.5, 0.6) is 0 Å². The number of halogens is 1. The van der Waals surface area contributed by atoms with Gasteiger partial charge in [-0.3, -0.25) is 9.59 Å². The van der Waals surface area contributed by atoms with Crippen LogP contribution in [0.4, 0.5) is 5.69 Å². The summed E-state index contributed by atoms with van der Waals surface area (Å²) in [5, 5.41) is 3.09. The number of rotatable bonds is 5. The number of ether oxygens (including phenoxy) is 1. The number of carbonyl (C=O) groups is 2. The van der Waals surface area contributed by atoms with Crippen molar-refractivity contribution in [3.63, 3.8) is 0 Å². The molecule has 2 atom stereocenters. The summed E-state index contributed by atoms with van der Waals surface area (Å²) < 4.78 is 5.16. The molecule has 2 rings (SSSR count). The summed E-state index contributed by atoms with van der Waals surface area (Å²) in [4.78, 5) is 23.7. The summed E-state index contributed by atoms with van der Waals surface area (Å²) >= 11 is 5.96. The van der Waals surface area contributed by atoms with Crippen LogP contribution in [-0.4, -0.2) is 18.0 Å². The van der Waals surface area contributed by atoms with E-state index in [1.54, 1.807) is 31.2 Å². The zero-order chi connectivity index (χ0) is 15.2. The van der Waals surface area contributed by atoms with Gasteiger partial charge in [0.25, 0.3) is 5.91 Å². The smallest absolute Gasteiger partial charge is 0.307 e. The summed E-state index contributed by atoms with van der Waals surface area (Å²) in [7, 11) is 0. The van der Waals surface area contributed by atoms with Crippen molar-refractivity contribution in [2.75, 3.05) is 5.32 Å². The Morgan fingerprint density at radius 2 is 2.19 bits per heavy atom. The molecule has 1 aromatic carbocycles. The van der Waals surface area contributed by atoms with Crippen molar-refractivity contribution in [1.29, 1.82) is 0 Å². The summed E-state index contributed by atoms with van der Waals surface area (Å²) in [6.45, 7) is 1.55. The molecule has 1 N–H and O–H groups in total. The average molecular weight is 308 g/mol. The second kappa shape index (κ2) is 7.27. The number of benzene rings is 1. The summed E-state index contributed by atoms with van der Waals surface area (Å²) in [5.41, 5.74) is 0.505. The molecule has 0 spiro atoms. The Morgan fingerprint density at radius 3 is 2.86 bits per heavy atom. The molecule has 0 aromatic heterocycles. The Morgan fingerprint density at radius 1 is 1.43 bits per heavy atom. The standard InChI is InChI=1S/C16H18ClNO3/c1-11(21-15(19)10-12-6-2-3-7-12)16(20)18-14-9-5-4-8-13(14)17/h2,4-6,8-9,11-12H,3,7,10H2,1H3,(H,18,20)/t11-,12-/m1/s1. The van der Waals surface area contributed by atoms with Gasteiger partial charge in [0.05, 0.1) is 17.1 Å². The molecule has 0 radical (unpaired) electrons. The molecular formula is C16H18ClNO3. The molecule has 5 heteroatoms. The molecule has 1 aliphatic carbocycles. The summed E-state index contributed by atoms with van der Waals surface area (Å²) in [5.74, 6) is -0.511. The fraction of sp³-hybridized carbons (Fsp3) is 0.375. The summed E-state index contributed by atoms with van der Waals surface area (Å²) in [6, 6.07) is 6.92. The van der Waals surface area contributed by atoms with Crippen molar-refractivity contribution >= 4 is 29.2 Å². The molecule has 0 saturated carbocycles. The van der Waals surface area contributed by atoms with Crippen molar-refractivity contribution in [2.45, 2.75) is 32.3 Å². The highest BCUT2D eigenvalue weighted by Gasteiger charge is 2.21. The zero-order valence-electron chi connectivity index (χ0n) is 11.8. The molecule has 0 fully saturated rings. The lowest BCUT2D eigenvalue weighted by molar-refractivity contribution is -0.153. The fourth-order valence-electron chi connectivity index (χ4n) is 2.18. The van der Waals surface area contributed by atoms with Gasteiger partial charge < -0.3 is 10.1 Å². The van der Waals surface area contributed by atoms with E-state index in [-0.39, 0.29) is 11.9 Å². The SMILES string of the molecule is C[C@@H](OC(=O)C[C@@H]1C=CCC1)C(=O)Nc1ccccc1Cl. The van der Waals surface area contributed by atoms with Gasteiger partial charge in [0.2, 0.25) is 0 Å². The maximum absolute atomic E-state index is 12.0. The van der Waals surface area contributed by atoms with E-state index < -0.39 is 12.0 Å². The van der Waals surface area contributed by atoms with Crippen molar-refractivity contribution in [3.05, 3.63) is 41.4 Å². The van der Waals surface area contributed by atoms with Crippen LogP contribution < -0.4 is 5.32 Å². The Hall–Kier alpha value is -1.81. The Balaban J connectivity index is 1.83. The van der Waals surface area contributed by atoms with Gasteiger partial charge in [-0.25, -0.2) is 0 Å². The highest BCUT2D eigenvalue weighted by Crippen LogP contribution is 2.22. The van der Waals surface area contributed by atoms with E-state index in [0.717, 1.165) is 12.8 Å². The monoisotopic (exact) mass is 307 g/mol. The predicted molar refractivity (Wildman–Crippen MR) is 82.1 cm³/mol. The van der Waals surface area contributed by atoms with Crippen LogP contribution in [0.15, 0.2) is 36.4 Å². The van der Waals surface area contributed by atoms with Gasteiger partial charge in [0.1, 0.15) is 0 Å². The van der Waals surface area contributed by atoms with Gasteiger partial charge in [-0.05, 0) is 37.8 Å². The van der Waals surface area contributed by atoms with Crippen LogP contribution in [0.1, 0.15) is 26.2 Å². The lowest BCUT2D eigenvalue weighted by Gasteiger charge is -2.15. The second-order valence-electron chi connectivity index (χ2n) is 5.07. The highest BCUT2D eigenvalue weighted by atomic mass is 35.5. The van der Waals surface area contributed by atoms with Crippen LogP contribution >= 0.6 is 11.6 Å². The normalized spacial score (nSPS) is 18.3. The maximum Gasteiger partial charge on any atom is 0.307 e. The molecule has 21 heavy (non-hydrogen) atoms. The molecule has 0 bridgehead atoms. The second-order valence-corrected chi connectivity index (χ2v) is 5.48. The minimum absolute atomic E-state index is 0.233. The number of carbonyl (C=O) groups excluding carboxylic acids is 2. The van der Waals surface area contributed by atoms with E-state index in [4.69, 9.17) is 16.3 Å². The van der Waals surface area contributed by atoms with E-state index in [1.165, 1.54) is 0 Å². The summed E-state index contributed by atoms with van der Waals surface area (Å²) in [6.07, 6.45) is 5.52. The third-order valence-corrected chi connectivity index (χ3v) is 3.68. The van der Waals surface area contributed by atoms with Crippen LogP contribution in [0, 0.1) is 5.92 Å². The van der Waals surface area contributed by atoms with Gasteiger partial charge in [-0.15, -0.1) is 0 Å². The van der Waals surface area contributed by atoms with Gasteiger partial charge in [-0.1, -0.05) is 35.9 Å². The fourth-order valence-corrected chi connectivity index (χ4v) is 2.36. The molecule has 0 unspecified atom stereocenters. The first-order valence-electron chi connectivity index (χ1n) is 6.98. The lowest BCUT2D eigenvalue weighted by atomic mass is 10.1. The first-order valence-corrected chi connectivity index (χ1v) is 7.35. The van der Waals surface area contributed by atoms with Crippen molar-refractivity contribution < 1.29 is 14.3 Å². The van der Waals surface area contributed by atoms with Crippen molar-refractivity contribution in [1.82, 2.24) is 0 Å². The molecule has 0 heterocycles. The molecule has 0 saturated heterocycles. The van der Waals surface area contributed by atoms with Crippen molar-refractivity contribution in [2.24, 2.45) is 5.92 Å². The minimum Gasteiger partial charge on any atom is -0.453 e. The first-order chi connectivity index (χ1) is 10.1. The topological polar surface area (TPSA) is 55.4 Å². The Kier molecular flexibility index (Phi) is 5.39. The molecule has 1 aliphatic rings. The third-order valence-electron chi connectivity index (χ3n) is 3.35. The Bertz CT molecular complexity index is 556. The van der Waals surface area contributed by atoms with E-state index >= 15 is 0 Å².